The molecule has 1 aromatic carbocycles. The predicted molar refractivity (Wildman–Crippen MR) is 101 cm³/mol. The quantitative estimate of drug-likeness (QED) is 0.649. The molecule has 0 spiro atoms. The molecular formula is C18H26BrFN2OS. The second-order valence-corrected chi connectivity index (χ2v) is 10.8. The Morgan fingerprint density at radius 1 is 1.21 bits per heavy atom. The molecule has 1 aromatic rings. The SMILES string of the molecule is CC(C)(C#N)CC[C@](C)(N[S@+]([O-])C(C)(C)C)c1cc(Br)ccc1F. The molecule has 0 saturated heterocycles. The highest BCUT2D eigenvalue weighted by Crippen LogP contribution is 2.36. The summed E-state index contributed by atoms with van der Waals surface area (Å²) in [5, 5.41) is 9.26. The van der Waals surface area contributed by atoms with Crippen molar-refractivity contribution in [3.63, 3.8) is 0 Å². The monoisotopic (exact) mass is 416 g/mol. The molecule has 0 fully saturated rings. The molecule has 2 atom stereocenters. The Morgan fingerprint density at radius 2 is 1.79 bits per heavy atom. The molecule has 0 amide bonds. The van der Waals surface area contributed by atoms with Crippen molar-refractivity contribution in [2.24, 2.45) is 5.41 Å². The van der Waals surface area contributed by atoms with Crippen LogP contribution < -0.4 is 4.72 Å². The minimum absolute atomic E-state index is 0.353. The van der Waals surface area contributed by atoms with Gasteiger partial charge in [0, 0.05) is 21.4 Å². The molecule has 0 heterocycles. The van der Waals surface area contributed by atoms with Gasteiger partial charge in [0.05, 0.1) is 17.0 Å². The third kappa shape index (κ3) is 5.73. The molecule has 24 heavy (non-hydrogen) atoms. The fourth-order valence-corrected chi connectivity index (χ4v) is 3.43. The first-order valence-electron chi connectivity index (χ1n) is 7.87. The molecule has 0 aliphatic heterocycles. The second kappa shape index (κ2) is 7.74. The van der Waals surface area contributed by atoms with Crippen LogP contribution in [-0.2, 0) is 16.9 Å². The van der Waals surface area contributed by atoms with Gasteiger partial charge in [-0.05, 0) is 72.6 Å². The average Bonchev–Trinajstić information content (AvgIpc) is 2.47. The van der Waals surface area contributed by atoms with Gasteiger partial charge < -0.3 is 4.55 Å². The normalized spacial score (nSPS) is 16.3. The lowest BCUT2D eigenvalue weighted by Gasteiger charge is -2.36. The van der Waals surface area contributed by atoms with Crippen LogP contribution in [0.2, 0.25) is 0 Å². The number of nitrogens with zero attached hydrogens (tertiary/aromatic N) is 1. The van der Waals surface area contributed by atoms with E-state index in [1.54, 1.807) is 12.1 Å². The van der Waals surface area contributed by atoms with Crippen molar-refractivity contribution in [3.8, 4) is 6.07 Å². The van der Waals surface area contributed by atoms with E-state index in [0.717, 1.165) is 4.47 Å². The first kappa shape index (κ1) is 21.4. The maximum absolute atomic E-state index is 14.5. The van der Waals surface area contributed by atoms with E-state index >= 15 is 0 Å². The number of halogens is 2. The van der Waals surface area contributed by atoms with Crippen molar-refractivity contribution >= 4 is 27.3 Å². The van der Waals surface area contributed by atoms with Gasteiger partial charge in [-0.2, -0.15) is 5.26 Å². The summed E-state index contributed by atoms with van der Waals surface area (Å²) in [5.74, 6) is -0.353. The van der Waals surface area contributed by atoms with Crippen LogP contribution >= 0.6 is 15.9 Å². The lowest BCUT2D eigenvalue weighted by atomic mass is 9.80. The molecule has 0 unspecified atom stereocenters. The van der Waals surface area contributed by atoms with Crippen molar-refractivity contribution in [1.29, 1.82) is 5.26 Å². The van der Waals surface area contributed by atoms with E-state index in [4.69, 9.17) is 0 Å². The molecule has 0 aliphatic carbocycles. The fourth-order valence-electron chi connectivity index (χ4n) is 2.14. The average molecular weight is 417 g/mol. The van der Waals surface area contributed by atoms with Gasteiger partial charge in [0.15, 0.2) is 0 Å². The van der Waals surface area contributed by atoms with Crippen molar-refractivity contribution in [3.05, 3.63) is 34.1 Å². The summed E-state index contributed by atoms with van der Waals surface area (Å²) < 4.78 is 30.5. The first-order valence-corrected chi connectivity index (χ1v) is 9.81. The number of nitrogens with one attached hydrogen (secondary N) is 1. The molecule has 134 valence electrons. The Hall–Kier alpha value is -0.610. The third-order valence-corrected chi connectivity index (χ3v) is 6.19. The van der Waals surface area contributed by atoms with Crippen molar-refractivity contribution in [1.82, 2.24) is 4.72 Å². The fraction of sp³-hybridized carbons (Fsp3) is 0.611. The van der Waals surface area contributed by atoms with E-state index in [-0.39, 0.29) is 5.82 Å². The number of hydrogen-bond acceptors (Lipinski definition) is 3. The summed E-state index contributed by atoms with van der Waals surface area (Å²) in [4.78, 5) is 0. The molecule has 1 rings (SSSR count). The molecule has 1 N–H and O–H groups in total. The second-order valence-electron chi connectivity index (χ2n) is 7.94. The number of rotatable bonds is 6. The van der Waals surface area contributed by atoms with Gasteiger partial charge in [0.2, 0.25) is 0 Å². The number of benzene rings is 1. The highest BCUT2D eigenvalue weighted by atomic mass is 79.9. The minimum atomic E-state index is -1.37. The summed E-state index contributed by atoms with van der Waals surface area (Å²) in [5.41, 5.74) is -0.933. The molecule has 0 saturated carbocycles. The van der Waals surface area contributed by atoms with E-state index in [1.165, 1.54) is 6.07 Å². The number of hydrogen-bond donors (Lipinski definition) is 1. The number of nitriles is 1. The highest BCUT2D eigenvalue weighted by Gasteiger charge is 2.39. The molecule has 0 radical (unpaired) electrons. The Balaban J connectivity index is 3.25. The zero-order valence-electron chi connectivity index (χ0n) is 15.2. The largest absolute Gasteiger partial charge is 0.598 e. The van der Waals surface area contributed by atoms with E-state index < -0.39 is 27.1 Å². The van der Waals surface area contributed by atoms with Crippen LogP contribution in [0.25, 0.3) is 0 Å². The van der Waals surface area contributed by atoms with E-state index in [2.05, 4.69) is 26.7 Å². The summed E-state index contributed by atoms with van der Waals surface area (Å²) in [7, 11) is 0. The van der Waals surface area contributed by atoms with Crippen molar-refractivity contribution in [2.75, 3.05) is 0 Å². The Morgan fingerprint density at radius 3 is 2.29 bits per heavy atom. The summed E-state index contributed by atoms with van der Waals surface area (Å²) >= 11 is 2.01. The summed E-state index contributed by atoms with van der Waals surface area (Å²) in [6.45, 7) is 11.2. The van der Waals surface area contributed by atoms with Crippen molar-refractivity contribution < 1.29 is 8.94 Å². The molecule has 0 bridgehead atoms. The minimum Gasteiger partial charge on any atom is -0.598 e. The van der Waals surface area contributed by atoms with E-state index in [0.29, 0.717) is 18.4 Å². The van der Waals surface area contributed by atoms with Crippen LogP contribution in [0, 0.1) is 22.6 Å². The van der Waals surface area contributed by atoms with Crippen LogP contribution in [0.1, 0.15) is 59.9 Å². The lowest BCUT2D eigenvalue weighted by molar-refractivity contribution is 0.313. The Bertz CT molecular complexity index is 624. The van der Waals surface area contributed by atoms with Gasteiger partial charge in [0.1, 0.15) is 10.6 Å². The zero-order chi connectivity index (χ0) is 18.8. The maximum atomic E-state index is 14.5. The topological polar surface area (TPSA) is 58.9 Å². The Kier molecular flexibility index (Phi) is 6.91. The molecule has 3 nitrogen and oxygen atoms in total. The predicted octanol–water partition coefficient (Wildman–Crippen LogP) is 5.19. The summed E-state index contributed by atoms with van der Waals surface area (Å²) in [6, 6.07) is 7.01. The van der Waals surface area contributed by atoms with Gasteiger partial charge in [-0.25, -0.2) is 4.39 Å². The zero-order valence-corrected chi connectivity index (χ0v) is 17.6. The Labute approximate surface area is 156 Å². The van der Waals surface area contributed by atoms with Gasteiger partial charge in [-0.3, -0.25) is 0 Å². The first-order chi connectivity index (χ1) is 10.8. The van der Waals surface area contributed by atoms with Gasteiger partial charge in [-0.1, -0.05) is 15.9 Å². The van der Waals surface area contributed by atoms with E-state index in [9.17, 15) is 14.2 Å². The standard InChI is InChI=1S/C18H26BrFN2OS/c1-16(2,3)24(23)22-18(6,10-9-17(4,5)12-21)14-11-13(19)7-8-15(14)20/h7-8,11,22H,9-10H2,1-6H3/t18-,24+/m0/s1. The van der Waals surface area contributed by atoms with Gasteiger partial charge >= 0.3 is 0 Å². The smallest absolute Gasteiger partial charge is 0.136 e. The van der Waals surface area contributed by atoms with Crippen LogP contribution in [0.5, 0.6) is 0 Å². The van der Waals surface area contributed by atoms with Gasteiger partial charge in [0.25, 0.3) is 0 Å². The van der Waals surface area contributed by atoms with E-state index in [1.807, 2.05) is 41.5 Å². The van der Waals surface area contributed by atoms with Crippen LogP contribution in [0.4, 0.5) is 4.39 Å². The summed E-state index contributed by atoms with van der Waals surface area (Å²) in [6.07, 6.45) is 1.04. The lowest BCUT2D eigenvalue weighted by Crippen LogP contribution is -2.50. The molecule has 0 aliphatic rings. The maximum Gasteiger partial charge on any atom is 0.136 e. The molecule has 6 heteroatoms. The highest BCUT2D eigenvalue weighted by molar-refractivity contribution is 9.10. The molecular weight excluding hydrogens is 391 g/mol. The van der Waals surface area contributed by atoms with Crippen LogP contribution in [0.3, 0.4) is 0 Å². The van der Waals surface area contributed by atoms with Crippen LogP contribution in [-0.4, -0.2) is 9.30 Å². The van der Waals surface area contributed by atoms with Crippen molar-refractivity contribution in [2.45, 2.75) is 64.7 Å². The van der Waals surface area contributed by atoms with Gasteiger partial charge in [-0.15, -0.1) is 4.72 Å². The third-order valence-electron chi connectivity index (χ3n) is 3.95. The molecule has 0 aromatic heterocycles. The van der Waals surface area contributed by atoms with Crippen LogP contribution in [0.15, 0.2) is 22.7 Å².